The number of benzene rings is 1. The normalized spacial score (nSPS) is 14.2. The second-order valence-corrected chi connectivity index (χ2v) is 7.02. The van der Waals surface area contributed by atoms with E-state index in [-0.39, 0.29) is 11.9 Å². The number of aryl methyl sites for hydroxylation is 1. The van der Waals surface area contributed by atoms with E-state index in [0.717, 1.165) is 37.3 Å². The van der Waals surface area contributed by atoms with Crippen LogP contribution in [0.2, 0.25) is 0 Å². The third-order valence-electron chi connectivity index (χ3n) is 5.03. The van der Waals surface area contributed by atoms with Crippen LogP contribution in [0, 0.1) is 6.92 Å². The van der Waals surface area contributed by atoms with Gasteiger partial charge in [0, 0.05) is 36.2 Å². The van der Waals surface area contributed by atoms with E-state index in [9.17, 15) is 4.79 Å². The number of nitrogens with zero attached hydrogens (tertiary/aromatic N) is 3. The van der Waals surface area contributed by atoms with Gasteiger partial charge in [-0.15, -0.1) is 0 Å². The average molecular weight is 367 g/mol. The van der Waals surface area contributed by atoms with E-state index in [1.807, 2.05) is 19.1 Å². The van der Waals surface area contributed by atoms with Crippen molar-refractivity contribution in [1.82, 2.24) is 15.3 Å². The first-order valence-corrected chi connectivity index (χ1v) is 9.87. The third-order valence-corrected chi connectivity index (χ3v) is 5.03. The van der Waals surface area contributed by atoms with Gasteiger partial charge in [0.15, 0.2) is 0 Å². The molecule has 1 aliphatic carbocycles. The van der Waals surface area contributed by atoms with Crippen LogP contribution < -0.4 is 15.5 Å². The summed E-state index contributed by atoms with van der Waals surface area (Å²) in [7, 11) is 0. The van der Waals surface area contributed by atoms with Gasteiger partial charge in [-0.25, -0.2) is 9.97 Å². The van der Waals surface area contributed by atoms with Crippen molar-refractivity contribution >= 4 is 23.2 Å². The maximum absolute atomic E-state index is 12.5. The molecular weight excluding hydrogens is 338 g/mol. The van der Waals surface area contributed by atoms with Crippen molar-refractivity contribution in [3.8, 4) is 0 Å². The Morgan fingerprint density at radius 3 is 2.41 bits per heavy atom. The van der Waals surface area contributed by atoms with Crippen molar-refractivity contribution in [2.75, 3.05) is 23.3 Å². The molecule has 6 heteroatoms. The van der Waals surface area contributed by atoms with Crippen LogP contribution in [0.15, 0.2) is 30.3 Å². The maximum Gasteiger partial charge on any atom is 0.270 e. The predicted octanol–water partition coefficient (Wildman–Crippen LogP) is 4.05. The van der Waals surface area contributed by atoms with E-state index >= 15 is 0 Å². The van der Waals surface area contributed by atoms with Gasteiger partial charge in [-0.3, -0.25) is 4.79 Å². The zero-order chi connectivity index (χ0) is 19.2. The van der Waals surface area contributed by atoms with E-state index in [1.54, 1.807) is 6.07 Å². The van der Waals surface area contributed by atoms with Crippen molar-refractivity contribution in [1.29, 1.82) is 0 Å². The summed E-state index contributed by atoms with van der Waals surface area (Å²) < 4.78 is 0. The first-order chi connectivity index (χ1) is 13.1. The number of nitrogens with one attached hydrogen (secondary N) is 2. The highest BCUT2D eigenvalue weighted by atomic mass is 16.1. The van der Waals surface area contributed by atoms with Gasteiger partial charge in [-0.1, -0.05) is 12.8 Å². The molecule has 1 aliphatic rings. The van der Waals surface area contributed by atoms with E-state index in [4.69, 9.17) is 0 Å². The highest BCUT2D eigenvalue weighted by molar-refractivity contribution is 5.93. The van der Waals surface area contributed by atoms with Gasteiger partial charge >= 0.3 is 0 Å². The molecular formula is C21H29N5O. The number of aromatic nitrogens is 2. The highest BCUT2D eigenvalue weighted by Crippen LogP contribution is 2.21. The van der Waals surface area contributed by atoms with Crippen LogP contribution in [-0.4, -0.2) is 35.0 Å². The standard InChI is InChI=1S/C21H29N5O/c1-4-26(5-2)18-12-10-17(11-13-18)24-21-22-15(3)14-19(25-21)20(27)23-16-8-6-7-9-16/h10-14,16H,4-9H2,1-3H3,(H,23,27)(H,22,24,25). The molecule has 1 heterocycles. The second kappa shape index (κ2) is 8.84. The minimum Gasteiger partial charge on any atom is -0.372 e. The zero-order valence-corrected chi connectivity index (χ0v) is 16.5. The molecule has 0 unspecified atom stereocenters. The summed E-state index contributed by atoms with van der Waals surface area (Å²) >= 11 is 0. The summed E-state index contributed by atoms with van der Waals surface area (Å²) in [6, 6.07) is 10.2. The summed E-state index contributed by atoms with van der Waals surface area (Å²) in [5, 5.41) is 6.30. The number of amides is 1. The van der Waals surface area contributed by atoms with Crippen molar-refractivity contribution in [3.05, 3.63) is 41.7 Å². The molecule has 0 radical (unpaired) electrons. The molecule has 0 bridgehead atoms. The molecule has 144 valence electrons. The Morgan fingerprint density at radius 1 is 1.11 bits per heavy atom. The molecule has 1 aromatic carbocycles. The Balaban J connectivity index is 1.71. The molecule has 2 N–H and O–H groups in total. The fourth-order valence-electron chi connectivity index (χ4n) is 3.54. The topological polar surface area (TPSA) is 70.2 Å². The number of rotatable bonds is 7. The van der Waals surface area contributed by atoms with Gasteiger partial charge < -0.3 is 15.5 Å². The largest absolute Gasteiger partial charge is 0.372 e. The number of carbonyl (C=O) groups excluding carboxylic acids is 1. The van der Waals surface area contributed by atoms with E-state index in [2.05, 4.69) is 51.5 Å². The Labute approximate surface area is 161 Å². The van der Waals surface area contributed by atoms with Crippen LogP contribution in [0.4, 0.5) is 17.3 Å². The monoisotopic (exact) mass is 367 g/mol. The van der Waals surface area contributed by atoms with Gasteiger partial charge in [0.1, 0.15) is 5.69 Å². The molecule has 1 aromatic heterocycles. The van der Waals surface area contributed by atoms with Crippen LogP contribution in [0.3, 0.4) is 0 Å². The van der Waals surface area contributed by atoms with Gasteiger partial charge in [-0.05, 0) is 63.9 Å². The molecule has 0 saturated heterocycles. The molecule has 1 saturated carbocycles. The van der Waals surface area contributed by atoms with Gasteiger partial charge in [0.2, 0.25) is 5.95 Å². The van der Waals surface area contributed by atoms with Crippen LogP contribution >= 0.6 is 0 Å². The summed E-state index contributed by atoms with van der Waals surface area (Å²) in [4.78, 5) is 23.6. The fourth-order valence-corrected chi connectivity index (χ4v) is 3.54. The lowest BCUT2D eigenvalue weighted by molar-refractivity contribution is 0.0932. The van der Waals surface area contributed by atoms with Crippen LogP contribution in [0.5, 0.6) is 0 Å². The molecule has 27 heavy (non-hydrogen) atoms. The Morgan fingerprint density at radius 2 is 1.78 bits per heavy atom. The van der Waals surface area contributed by atoms with Crippen molar-refractivity contribution in [3.63, 3.8) is 0 Å². The fraction of sp³-hybridized carbons (Fsp3) is 0.476. The van der Waals surface area contributed by atoms with Crippen molar-refractivity contribution in [2.45, 2.75) is 52.5 Å². The first-order valence-electron chi connectivity index (χ1n) is 9.87. The van der Waals surface area contributed by atoms with Crippen LogP contribution in [-0.2, 0) is 0 Å². The van der Waals surface area contributed by atoms with E-state index < -0.39 is 0 Å². The Hall–Kier alpha value is -2.63. The number of hydrogen-bond acceptors (Lipinski definition) is 5. The van der Waals surface area contributed by atoms with Crippen molar-refractivity contribution in [2.24, 2.45) is 0 Å². The van der Waals surface area contributed by atoms with E-state index in [0.29, 0.717) is 11.6 Å². The molecule has 0 spiro atoms. The van der Waals surface area contributed by atoms with Gasteiger partial charge in [-0.2, -0.15) is 0 Å². The molecule has 1 amide bonds. The minimum atomic E-state index is -0.118. The van der Waals surface area contributed by atoms with Crippen LogP contribution in [0.25, 0.3) is 0 Å². The van der Waals surface area contributed by atoms with Crippen LogP contribution in [0.1, 0.15) is 55.7 Å². The number of carbonyl (C=O) groups is 1. The summed E-state index contributed by atoms with van der Waals surface area (Å²) in [6.07, 6.45) is 4.48. The molecule has 0 atom stereocenters. The lowest BCUT2D eigenvalue weighted by atomic mass is 10.2. The third kappa shape index (κ3) is 4.96. The predicted molar refractivity (Wildman–Crippen MR) is 110 cm³/mol. The number of anilines is 3. The molecule has 0 aliphatic heterocycles. The smallest absolute Gasteiger partial charge is 0.270 e. The molecule has 3 rings (SSSR count). The zero-order valence-electron chi connectivity index (χ0n) is 16.5. The lowest BCUT2D eigenvalue weighted by Gasteiger charge is -2.21. The minimum absolute atomic E-state index is 0.118. The Bertz CT molecular complexity index is 765. The molecule has 1 fully saturated rings. The highest BCUT2D eigenvalue weighted by Gasteiger charge is 2.19. The molecule has 6 nitrogen and oxygen atoms in total. The summed E-state index contributed by atoms with van der Waals surface area (Å²) in [6.45, 7) is 8.12. The lowest BCUT2D eigenvalue weighted by Crippen LogP contribution is -2.33. The summed E-state index contributed by atoms with van der Waals surface area (Å²) in [5.41, 5.74) is 3.27. The van der Waals surface area contributed by atoms with Crippen molar-refractivity contribution < 1.29 is 4.79 Å². The quantitative estimate of drug-likeness (QED) is 0.773. The van der Waals surface area contributed by atoms with Gasteiger partial charge in [0.05, 0.1) is 0 Å². The average Bonchev–Trinajstić information content (AvgIpc) is 3.16. The second-order valence-electron chi connectivity index (χ2n) is 7.02. The number of hydrogen-bond donors (Lipinski definition) is 2. The SMILES string of the molecule is CCN(CC)c1ccc(Nc2nc(C)cc(C(=O)NC3CCCC3)n2)cc1. The van der Waals surface area contributed by atoms with Gasteiger partial charge in [0.25, 0.3) is 5.91 Å². The maximum atomic E-state index is 12.5. The Kier molecular flexibility index (Phi) is 6.27. The summed E-state index contributed by atoms with van der Waals surface area (Å²) in [5.74, 6) is 0.328. The van der Waals surface area contributed by atoms with E-state index in [1.165, 1.54) is 18.5 Å². The molecule has 2 aromatic rings. The first kappa shape index (κ1) is 19.1.